The second-order valence-corrected chi connectivity index (χ2v) is 7.01. The first-order valence-corrected chi connectivity index (χ1v) is 9.48. The van der Waals surface area contributed by atoms with E-state index in [2.05, 4.69) is 10.3 Å². The first-order valence-electron chi connectivity index (χ1n) is 9.48. The maximum atomic E-state index is 12.4. The van der Waals surface area contributed by atoms with Crippen LogP contribution in [0, 0.1) is 0 Å². The lowest BCUT2D eigenvalue weighted by Crippen LogP contribution is -2.45. The molecule has 0 saturated heterocycles. The van der Waals surface area contributed by atoms with Crippen molar-refractivity contribution in [3.05, 3.63) is 89.7 Å². The molecule has 2 atom stereocenters. The van der Waals surface area contributed by atoms with Crippen LogP contribution in [0.5, 0.6) is 0 Å². The molecule has 1 amide bonds. The fourth-order valence-corrected chi connectivity index (χ4v) is 3.80. The first-order chi connectivity index (χ1) is 14.6. The third-order valence-electron chi connectivity index (χ3n) is 5.25. The highest BCUT2D eigenvalue weighted by Crippen LogP contribution is 2.44. The van der Waals surface area contributed by atoms with Gasteiger partial charge in [0.15, 0.2) is 6.04 Å². The molecule has 1 aromatic heterocycles. The van der Waals surface area contributed by atoms with E-state index in [0.29, 0.717) is 5.56 Å². The minimum Gasteiger partial charge on any atom is -0.480 e. The van der Waals surface area contributed by atoms with Crippen LogP contribution in [-0.4, -0.2) is 39.9 Å². The summed E-state index contributed by atoms with van der Waals surface area (Å²) in [5.41, 5.74) is 4.63. The van der Waals surface area contributed by atoms with Gasteiger partial charge in [0.25, 0.3) is 0 Å². The van der Waals surface area contributed by atoms with Crippen LogP contribution in [0.4, 0.5) is 4.79 Å². The van der Waals surface area contributed by atoms with E-state index in [1.807, 2.05) is 48.5 Å². The van der Waals surface area contributed by atoms with Gasteiger partial charge in [-0.1, -0.05) is 48.5 Å². The highest BCUT2D eigenvalue weighted by atomic mass is 16.5. The monoisotopic (exact) mass is 404 g/mol. The summed E-state index contributed by atoms with van der Waals surface area (Å²) in [5, 5.41) is 22.1. The number of aliphatic hydroxyl groups excluding tert-OH is 1. The molecular formula is C23H20N2O5. The third kappa shape index (κ3) is 3.75. The molecule has 0 spiro atoms. The number of rotatable bonds is 6. The molecule has 3 aromatic rings. The van der Waals surface area contributed by atoms with E-state index in [1.165, 1.54) is 24.5 Å². The Labute approximate surface area is 173 Å². The van der Waals surface area contributed by atoms with Crippen molar-refractivity contribution in [1.82, 2.24) is 10.3 Å². The Bertz CT molecular complexity index is 1020. The van der Waals surface area contributed by atoms with E-state index in [9.17, 15) is 19.8 Å². The molecule has 7 nitrogen and oxygen atoms in total. The predicted molar refractivity (Wildman–Crippen MR) is 109 cm³/mol. The Morgan fingerprint density at radius 3 is 2.10 bits per heavy atom. The van der Waals surface area contributed by atoms with Gasteiger partial charge in [-0.3, -0.25) is 4.98 Å². The summed E-state index contributed by atoms with van der Waals surface area (Å²) >= 11 is 0. The summed E-state index contributed by atoms with van der Waals surface area (Å²) in [5.74, 6) is -1.51. The summed E-state index contributed by atoms with van der Waals surface area (Å²) < 4.78 is 5.37. The molecule has 1 aliphatic carbocycles. The first kappa shape index (κ1) is 19.6. The molecule has 0 saturated carbocycles. The van der Waals surface area contributed by atoms with Crippen molar-refractivity contribution in [2.24, 2.45) is 0 Å². The molecule has 3 N–H and O–H groups in total. The molecule has 152 valence electrons. The lowest BCUT2D eigenvalue weighted by Gasteiger charge is -2.21. The summed E-state index contributed by atoms with van der Waals surface area (Å²) in [7, 11) is 0. The Balaban J connectivity index is 1.46. The number of nitrogens with zero attached hydrogens (tertiary/aromatic N) is 1. The number of carbonyl (C=O) groups excluding carboxylic acids is 1. The van der Waals surface area contributed by atoms with Crippen LogP contribution < -0.4 is 5.32 Å². The highest BCUT2D eigenvalue weighted by molar-refractivity contribution is 5.81. The van der Waals surface area contributed by atoms with Crippen LogP contribution in [0.25, 0.3) is 11.1 Å². The van der Waals surface area contributed by atoms with Crippen LogP contribution in [0.15, 0.2) is 73.1 Å². The van der Waals surface area contributed by atoms with Gasteiger partial charge < -0.3 is 20.3 Å². The molecule has 0 bridgehead atoms. The number of aliphatic hydroxyl groups is 1. The molecule has 0 radical (unpaired) electrons. The molecule has 0 aliphatic heterocycles. The van der Waals surface area contributed by atoms with Gasteiger partial charge in [0.1, 0.15) is 12.7 Å². The van der Waals surface area contributed by atoms with Crippen molar-refractivity contribution in [3.63, 3.8) is 0 Å². The second-order valence-electron chi connectivity index (χ2n) is 7.01. The molecule has 2 aromatic carbocycles. The van der Waals surface area contributed by atoms with Crippen LogP contribution in [-0.2, 0) is 9.53 Å². The van der Waals surface area contributed by atoms with Crippen molar-refractivity contribution >= 4 is 12.1 Å². The van der Waals surface area contributed by atoms with Crippen molar-refractivity contribution in [2.45, 2.75) is 18.1 Å². The van der Waals surface area contributed by atoms with Gasteiger partial charge in [0.2, 0.25) is 0 Å². The summed E-state index contributed by atoms with van der Waals surface area (Å²) in [6.45, 7) is 0.0531. The van der Waals surface area contributed by atoms with E-state index in [-0.39, 0.29) is 12.5 Å². The number of carboxylic acids is 1. The Morgan fingerprint density at radius 2 is 1.53 bits per heavy atom. The molecule has 4 rings (SSSR count). The predicted octanol–water partition coefficient (Wildman–Crippen LogP) is 3.11. The molecule has 30 heavy (non-hydrogen) atoms. The zero-order chi connectivity index (χ0) is 21.1. The SMILES string of the molecule is O=C(NC(C(=O)O)[C@H](O)c1ccncc1)OCC1c2ccccc2-c2ccccc21. The number of hydrogen-bond acceptors (Lipinski definition) is 5. The maximum absolute atomic E-state index is 12.4. The van der Waals surface area contributed by atoms with Crippen molar-refractivity contribution < 1.29 is 24.5 Å². The van der Waals surface area contributed by atoms with Gasteiger partial charge in [-0.05, 0) is 39.9 Å². The number of carbonyl (C=O) groups is 2. The molecular weight excluding hydrogens is 384 g/mol. The van der Waals surface area contributed by atoms with Crippen LogP contribution in [0.1, 0.15) is 28.7 Å². The number of nitrogens with one attached hydrogen (secondary N) is 1. The fourth-order valence-electron chi connectivity index (χ4n) is 3.80. The number of ether oxygens (including phenoxy) is 1. The number of aromatic nitrogens is 1. The molecule has 7 heteroatoms. The van der Waals surface area contributed by atoms with Crippen LogP contribution in [0.3, 0.4) is 0 Å². The van der Waals surface area contributed by atoms with Crippen molar-refractivity contribution in [1.29, 1.82) is 0 Å². The van der Waals surface area contributed by atoms with Crippen LogP contribution >= 0.6 is 0 Å². The van der Waals surface area contributed by atoms with Gasteiger partial charge in [-0.25, -0.2) is 9.59 Å². The topological polar surface area (TPSA) is 109 Å². The van der Waals surface area contributed by atoms with E-state index < -0.39 is 24.2 Å². The largest absolute Gasteiger partial charge is 0.480 e. The van der Waals surface area contributed by atoms with Gasteiger partial charge in [0.05, 0.1) is 0 Å². The van der Waals surface area contributed by atoms with Gasteiger partial charge in [0, 0.05) is 18.3 Å². The number of fused-ring (bicyclic) bond motifs is 3. The van der Waals surface area contributed by atoms with E-state index in [0.717, 1.165) is 22.3 Å². The number of hydrogen-bond donors (Lipinski definition) is 3. The van der Waals surface area contributed by atoms with E-state index in [1.54, 1.807) is 0 Å². The molecule has 1 heterocycles. The molecule has 0 fully saturated rings. The van der Waals surface area contributed by atoms with Gasteiger partial charge in [-0.15, -0.1) is 0 Å². The lowest BCUT2D eigenvalue weighted by atomic mass is 9.98. The summed E-state index contributed by atoms with van der Waals surface area (Å²) in [6.07, 6.45) is 0.526. The zero-order valence-electron chi connectivity index (χ0n) is 15.9. The molecule has 1 unspecified atom stereocenters. The quantitative estimate of drug-likeness (QED) is 0.583. The number of benzene rings is 2. The van der Waals surface area contributed by atoms with Crippen LogP contribution in [0.2, 0.25) is 0 Å². The number of aliphatic carboxylic acids is 1. The number of amides is 1. The Kier molecular flexibility index (Phi) is 5.45. The van der Waals surface area contributed by atoms with E-state index in [4.69, 9.17) is 4.74 Å². The van der Waals surface area contributed by atoms with Crippen molar-refractivity contribution in [3.8, 4) is 11.1 Å². The van der Waals surface area contributed by atoms with Gasteiger partial charge >= 0.3 is 12.1 Å². The summed E-state index contributed by atoms with van der Waals surface area (Å²) in [4.78, 5) is 27.8. The number of alkyl carbamates (subject to hydrolysis) is 1. The Morgan fingerprint density at radius 1 is 0.967 bits per heavy atom. The third-order valence-corrected chi connectivity index (χ3v) is 5.25. The van der Waals surface area contributed by atoms with Crippen molar-refractivity contribution in [2.75, 3.05) is 6.61 Å². The summed E-state index contributed by atoms with van der Waals surface area (Å²) in [6, 6.07) is 17.3. The second kappa shape index (κ2) is 8.34. The average Bonchev–Trinajstić information content (AvgIpc) is 3.10. The maximum Gasteiger partial charge on any atom is 0.407 e. The highest BCUT2D eigenvalue weighted by Gasteiger charge is 2.32. The normalized spacial score (nSPS) is 14.3. The average molecular weight is 404 g/mol. The standard InChI is InChI=1S/C23H20N2O5/c26-21(14-9-11-24-12-10-14)20(22(27)28)25-23(29)30-13-19-17-7-3-1-5-15(17)16-6-2-4-8-18(16)19/h1-12,19-21,26H,13H2,(H,25,29)(H,27,28)/t20?,21-/m1/s1. The zero-order valence-corrected chi connectivity index (χ0v) is 15.9. The van der Waals surface area contributed by atoms with Gasteiger partial charge in [-0.2, -0.15) is 0 Å². The van der Waals surface area contributed by atoms with E-state index >= 15 is 0 Å². The number of carboxylic acid groups (broad SMARTS) is 1. The fraction of sp³-hybridized carbons (Fsp3) is 0.174. The Hall–Kier alpha value is -3.71. The number of pyridine rings is 1. The lowest BCUT2D eigenvalue weighted by molar-refractivity contribution is -0.142. The minimum absolute atomic E-state index is 0.0531. The molecule has 1 aliphatic rings. The smallest absolute Gasteiger partial charge is 0.407 e. The minimum atomic E-state index is -1.55.